The largest absolute Gasteiger partial charge is 0.481 e. The summed E-state index contributed by atoms with van der Waals surface area (Å²) in [6.45, 7) is 1.70. The molecule has 7 heteroatoms. The van der Waals surface area contributed by atoms with Crippen LogP contribution in [0.3, 0.4) is 0 Å². The molecule has 0 spiro atoms. The Hall–Kier alpha value is -2.02. The fraction of sp³-hybridized carbons (Fsp3) is 0.308. The van der Waals surface area contributed by atoms with Crippen molar-refractivity contribution in [3.05, 3.63) is 24.3 Å². The number of carbonyl (C=O) groups is 2. The molecule has 0 aliphatic rings. The molecule has 6 nitrogen and oxygen atoms in total. The first kappa shape index (κ1) is 14.4. The van der Waals surface area contributed by atoms with E-state index in [9.17, 15) is 9.59 Å². The summed E-state index contributed by atoms with van der Waals surface area (Å²) in [6.07, 6.45) is 0. The van der Waals surface area contributed by atoms with Crippen molar-refractivity contribution in [2.24, 2.45) is 0 Å². The molecule has 0 bridgehead atoms. The number of ether oxygens (including phenoxy) is 1. The van der Waals surface area contributed by atoms with Gasteiger partial charge in [-0.3, -0.25) is 4.79 Å². The summed E-state index contributed by atoms with van der Waals surface area (Å²) in [5.74, 6) is -1.44. The van der Waals surface area contributed by atoms with Gasteiger partial charge >= 0.3 is 11.9 Å². The van der Waals surface area contributed by atoms with Gasteiger partial charge in [-0.25, -0.2) is 9.78 Å². The number of fused-ring (bicyclic) bond motifs is 1. The minimum atomic E-state index is -0.931. The van der Waals surface area contributed by atoms with Crippen LogP contribution in [0.4, 0.5) is 0 Å². The number of hydrogen-bond donors (Lipinski definition) is 1. The van der Waals surface area contributed by atoms with Gasteiger partial charge in [0.15, 0.2) is 5.16 Å². The third kappa shape index (κ3) is 2.77. The highest BCUT2D eigenvalue weighted by atomic mass is 32.2. The first-order valence-electron chi connectivity index (χ1n) is 5.94. The van der Waals surface area contributed by atoms with Crippen LogP contribution in [-0.4, -0.2) is 39.5 Å². The summed E-state index contributed by atoms with van der Waals surface area (Å²) in [5, 5.41) is 9.28. The second-order valence-corrected chi connectivity index (χ2v) is 5.08. The number of aliphatic carboxylic acids is 1. The standard InChI is InChI=1S/C13H14N2O4S/c1-8(12(18)19-2)15-10-6-4-3-5-9(10)14-13(15)20-7-11(16)17/h3-6,8H,7H2,1-2H3,(H,16,17). The predicted molar refractivity (Wildman–Crippen MR) is 74.8 cm³/mol. The normalized spacial score (nSPS) is 12.3. The van der Waals surface area contributed by atoms with Crippen molar-refractivity contribution in [3.63, 3.8) is 0 Å². The minimum Gasteiger partial charge on any atom is -0.481 e. The zero-order valence-corrected chi connectivity index (χ0v) is 11.9. The van der Waals surface area contributed by atoms with Gasteiger partial charge in [-0.15, -0.1) is 0 Å². The highest BCUT2D eigenvalue weighted by Gasteiger charge is 2.22. The molecule has 0 saturated heterocycles. The highest BCUT2D eigenvalue weighted by Crippen LogP contribution is 2.28. The Morgan fingerprint density at radius 1 is 1.45 bits per heavy atom. The summed E-state index contributed by atoms with van der Waals surface area (Å²) in [4.78, 5) is 26.8. The predicted octanol–water partition coefficient (Wildman–Crippen LogP) is 1.95. The summed E-state index contributed by atoms with van der Waals surface area (Å²) in [6, 6.07) is 6.78. The van der Waals surface area contributed by atoms with Crippen molar-refractivity contribution in [3.8, 4) is 0 Å². The lowest BCUT2D eigenvalue weighted by atomic mass is 10.3. The third-order valence-corrected chi connectivity index (χ3v) is 3.76. The molecular weight excluding hydrogens is 280 g/mol. The van der Waals surface area contributed by atoms with Crippen LogP contribution in [-0.2, 0) is 14.3 Å². The number of carboxylic acids is 1. The molecule has 1 aromatic carbocycles. The van der Waals surface area contributed by atoms with Crippen molar-refractivity contribution >= 4 is 34.7 Å². The molecule has 106 valence electrons. The fourth-order valence-corrected chi connectivity index (χ4v) is 2.71. The number of nitrogens with zero attached hydrogens (tertiary/aromatic N) is 2. The number of methoxy groups -OCH3 is 1. The van der Waals surface area contributed by atoms with Gasteiger partial charge in [0, 0.05) is 0 Å². The number of benzene rings is 1. The lowest BCUT2D eigenvalue weighted by Gasteiger charge is -2.14. The Kier molecular flexibility index (Phi) is 4.29. The zero-order valence-electron chi connectivity index (χ0n) is 11.1. The Morgan fingerprint density at radius 2 is 2.15 bits per heavy atom. The number of para-hydroxylation sites is 2. The van der Waals surface area contributed by atoms with Crippen LogP contribution in [0.25, 0.3) is 11.0 Å². The number of aromatic nitrogens is 2. The fourth-order valence-electron chi connectivity index (χ4n) is 1.90. The molecular formula is C13H14N2O4S. The number of hydrogen-bond acceptors (Lipinski definition) is 5. The van der Waals surface area contributed by atoms with E-state index in [1.807, 2.05) is 24.3 Å². The molecule has 1 heterocycles. The Labute approximate surface area is 119 Å². The molecule has 0 aliphatic heterocycles. The van der Waals surface area contributed by atoms with Crippen molar-refractivity contribution in [2.75, 3.05) is 12.9 Å². The number of rotatable bonds is 5. The molecule has 1 N–H and O–H groups in total. The second-order valence-electron chi connectivity index (χ2n) is 4.13. The van der Waals surface area contributed by atoms with Crippen molar-refractivity contribution < 1.29 is 19.4 Å². The highest BCUT2D eigenvalue weighted by molar-refractivity contribution is 7.99. The molecule has 0 amide bonds. The van der Waals surface area contributed by atoms with Gasteiger partial charge in [0.25, 0.3) is 0 Å². The molecule has 0 saturated carbocycles. The van der Waals surface area contributed by atoms with Gasteiger partial charge in [-0.2, -0.15) is 0 Å². The van der Waals surface area contributed by atoms with E-state index in [0.717, 1.165) is 22.8 Å². The van der Waals surface area contributed by atoms with Crippen LogP contribution >= 0.6 is 11.8 Å². The van der Waals surface area contributed by atoms with E-state index >= 15 is 0 Å². The SMILES string of the molecule is COC(=O)C(C)n1c(SCC(=O)O)nc2ccccc21. The van der Waals surface area contributed by atoms with Crippen LogP contribution < -0.4 is 0 Å². The summed E-state index contributed by atoms with van der Waals surface area (Å²) >= 11 is 1.08. The van der Waals surface area contributed by atoms with Crippen molar-refractivity contribution in [1.82, 2.24) is 9.55 Å². The quantitative estimate of drug-likeness (QED) is 0.670. The molecule has 0 aliphatic carbocycles. The monoisotopic (exact) mass is 294 g/mol. The van der Waals surface area contributed by atoms with Crippen LogP contribution in [0, 0.1) is 0 Å². The van der Waals surface area contributed by atoms with Gasteiger partial charge in [0.2, 0.25) is 0 Å². The third-order valence-electron chi connectivity index (χ3n) is 2.82. The van der Waals surface area contributed by atoms with Gasteiger partial charge in [-0.05, 0) is 19.1 Å². The van der Waals surface area contributed by atoms with Crippen LogP contribution in [0.15, 0.2) is 29.4 Å². The molecule has 1 atom stereocenters. The first-order valence-corrected chi connectivity index (χ1v) is 6.92. The smallest absolute Gasteiger partial charge is 0.328 e. The van der Waals surface area contributed by atoms with Gasteiger partial charge in [0.1, 0.15) is 6.04 Å². The van der Waals surface area contributed by atoms with Crippen LogP contribution in [0.1, 0.15) is 13.0 Å². The van der Waals surface area contributed by atoms with Crippen LogP contribution in [0.2, 0.25) is 0 Å². The number of esters is 1. The van der Waals surface area contributed by atoms with E-state index in [2.05, 4.69) is 4.98 Å². The van der Waals surface area contributed by atoms with Gasteiger partial charge in [-0.1, -0.05) is 23.9 Å². The molecule has 1 unspecified atom stereocenters. The Balaban J connectivity index is 2.49. The topological polar surface area (TPSA) is 81.4 Å². The minimum absolute atomic E-state index is 0.114. The average molecular weight is 294 g/mol. The van der Waals surface area contributed by atoms with Gasteiger partial charge < -0.3 is 14.4 Å². The maximum Gasteiger partial charge on any atom is 0.328 e. The summed E-state index contributed by atoms with van der Waals surface area (Å²) < 4.78 is 6.46. The molecule has 20 heavy (non-hydrogen) atoms. The lowest BCUT2D eigenvalue weighted by Crippen LogP contribution is -2.18. The molecule has 0 fully saturated rings. The molecule has 1 aromatic heterocycles. The number of thioether (sulfide) groups is 1. The molecule has 0 radical (unpaired) electrons. The van der Waals surface area contributed by atoms with E-state index in [-0.39, 0.29) is 5.75 Å². The van der Waals surface area contributed by atoms with E-state index in [0.29, 0.717) is 5.16 Å². The summed E-state index contributed by atoms with van der Waals surface area (Å²) in [7, 11) is 1.32. The lowest BCUT2D eigenvalue weighted by molar-refractivity contribution is -0.144. The number of carbonyl (C=O) groups excluding carboxylic acids is 1. The Morgan fingerprint density at radius 3 is 2.80 bits per heavy atom. The van der Waals surface area contributed by atoms with Crippen LogP contribution in [0.5, 0.6) is 0 Å². The second kappa shape index (κ2) is 5.96. The first-order chi connectivity index (χ1) is 9.54. The van der Waals surface area contributed by atoms with Crippen molar-refractivity contribution in [2.45, 2.75) is 18.1 Å². The average Bonchev–Trinajstić information content (AvgIpc) is 2.81. The van der Waals surface area contributed by atoms with Gasteiger partial charge in [0.05, 0.1) is 23.9 Å². The summed E-state index contributed by atoms with van der Waals surface area (Å²) in [5.41, 5.74) is 1.49. The van der Waals surface area contributed by atoms with E-state index < -0.39 is 18.0 Å². The maximum absolute atomic E-state index is 11.7. The Bertz CT molecular complexity index is 653. The van der Waals surface area contributed by atoms with Crippen molar-refractivity contribution in [1.29, 1.82) is 0 Å². The number of imidazole rings is 1. The van der Waals surface area contributed by atoms with E-state index in [4.69, 9.17) is 9.84 Å². The number of carboxylic acid groups (broad SMARTS) is 1. The molecule has 2 aromatic rings. The van der Waals surface area contributed by atoms with E-state index in [1.54, 1.807) is 11.5 Å². The molecule has 2 rings (SSSR count). The zero-order chi connectivity index (χ0) is 14.7. The van der Waals surface area contributed by atoms with E-state index in [1.165, 1.54) is 7.11 Å². The maximum atomic E-state index is 11.7.